The van der Waals surface area contributed by atoms with Crippen molar-refractivity contribution in [2.45, 2.75) is 12.3 Å². The van der Waals surface area contributed by atoms with E-state index < -0.39 is 10.0 Å². The van der Waals surface area contributed by atoms with Gasteiger partial charge in [0.25, 0.3) is 0 Å². The molecular formula is C14H14Cl2N2O2S. The number of nitrogens with one attached hydrogen (secondary N) is 1. The zero-order valence-electron chi connectivity index (χ0n) is 11.0. The van der Waals surface area contributed by atoms with Gasteiger partial charge < -0.3 is 5.73 Å². The van der Waals surface area contributed by atoms with Crippen molar-refractivity contribution < 1.29 is 8.42 Å². The summed E-state index contributed by atoms with van der Waals surface area (Å²) in [4.78, 5) is 0. The van der Waals surface area contributed by atoms with Crippen LogP contribution in [0.15, 0.2) is 42.5 Å². The van der Waals surface area contributed by atoms with Crippen molar-refractivity contribution in [3.8, 4) is 0 Å². The summed E-state index contributed by atoms with van der Waals surface area (Å²) < 4.78 is 26.6. The molecule has 0 aliphatic rings. The molecule has 0 aromatic heterocycles. The molecule has 0 saturated heterocycles. The van der Waals surface area contributed by atoms with E-state index >= 15 is 0 Å². The Morgan fingerprint density at radius 2 is 1.76 bits per heavy atom. The highest BCUT2D eigenvalue weighted by atomic mass is 35.5. The van der Waals surface area contributed by atoms with Crippen molar-refractivity contribution >= 4 is 38.9 Å². The molecule has 4 nitrogen and oxygen atoms in total. The summed E-state index contributed by atoms with van der Waals surface area (Å²) in [7, 11) is -3.47. The Kier molecular flexibility index (Phi) is 5.11. The highest BCUT2D eigenvalue weighted by Gasteiger charge is 2.12. The third-order valence-corrected chi connectivity index (χ3v) is 4.82. The summed E-state index contributed by atoms with van der Waals surface area (Å²) in [6, 6.07) is 11.8. The van der Waals surface area contributed by atoms with E-state index in [0.29, 0.717) is 21.3 Å². The molecule has 2 rings (SSSR count). The Morgan fingerprint density at radius 3 is 2.43 bits per heavy atom. The monoisotopic (exact) mass is 344 g/mol. The lowest BCUT2D eigenvalue weighted by Crippen LogP contribution is -2.24. The number of nitrogen functional groups attached to an aromatic ring is 1. The minimum absolute atomic E-state index is 0.161. The number of benzene rings is 2. The first kappa shape index (κ1) is 16.1. The van der Waals surface area contributed by atoms with Crippen LogP contribution in [0.1, 0.15) is 11.1 Å². The van der Waals surface area contributed by atoms with Gasteiger partial charge >= 0.3 is 0 Å². The summed E-state index contributed by atoms with van der Waals surface area (Å²) in [5.41, 5.74) is 7.61. The van der Waals surface area contributed by atoms with E-state index in [1.807, 2.05) is 0 Å². The van der Waals surface area contributed by atoms with E-state index in [2.05, 4.69) is 4.72 Å². The van der Waals surface area contributed by atoms with Crippen LogP contribution in [0.2, 0.25) is 10.0 Å². The van der Waals surface area contributed by atoms with E-state index in [-0.39, 0.29) is 12.3 Å². The molecule has 0 unspecified atom stereocenters. The highest BCUT2D eigenvalue weighted by molar-refractivity contribution is 7.88. The van der Waals surface area contributed by atoms with E-state index in [9.17, 15) is 8.42 Å². The Hall–Kier alpha value is -1.27. The summed E-state index contributed by atoms with van der Waals surface area (Å²) >= 11 is 11.7. The second-order valence-corrected chi connectivity index (χ2v) is 7.19. The molecule has 0 amide bonds. The predicted molar refractivity (Wildman–Crippen MR) is 86.8 cm³/mol. The van der Waals surface area contributed by atoms with Gasteiger partial charge in [0.15, 0.2) is 0 Å². The average molecular weight is 345 g/mol. The van der Waals surface area contributed by atoms with Crippen LogP contribution < -0.4 is 10.5 Å². The maximum absolute atomic E-state index is 12.0. The largest absolute Gasteiger partial charge is 0.399 e. The van der Waals surface area contributed by atoms with E-state index in [0.717, 1.165) is 5.56 Å². The van der Waals surface area contributed by atoms with Gasteiger partial charge in [0, 0.05) is 12.2 Å². The molecule has 112 valence electrons. The number of hydrogen-bond acceptors (Lipinski definition) is 3. The van der Waals surface area contributed by atoms with Crippen LogP contribution in [0.4, 0.5) is 5.69 Å². The molecule has 0 fully saturated rings. The molecule has 2 aromatic carbocycles. The Bertz CT molecular complexity index is 748. The van der Waals surface area contributed by atoms with Crippen molar-refractivity contribution in [2.75, 3.05) is 5.73 Å². The summed E-state index contributed by atoms with van der Waals surface area (Å²) in [5, 5.41) is 0.728. The Balaban J connectivity index is 2.03. The molecule has 0 spiro atoms. The number of halogens is 2. The van der Waals surface area contributed by atoms with Gasteiger partial charge in [0.1, 0.15) is 0 Å². The van der Waals surface area contributed by atoms with Crippen molar-refractivity contribution in [1.82, 2.24) is 4.72 Å². The van der Waals surface area contributed by atoms with Gasteiger partial charge in [-0.2, -0.15) is 0 Å². The fourth-order valence-corrected chi connectivity index (χ4v) is 3.22. The third-order valence-electron chi connectivity index (χ3n) is 2.79. The third kappa shape index (κ3) is 4.89. The average Bonchev–Trinajstić information content (AvgIpc) is 2.41. The van der Waals surface area contributed by atoms with Gasteiger partial charge in [-0.05, 0) is 35.4 Å². The SMILES string of the molecule is Nc1cccc(CNS(=O)(=O)Cc2ccc(Cl)c(Cl)c2)c1. The van der Waals surface area contributed by atoms with Crippen LogP contribution in [-0.4, -0.2) is 8.42 Å². The van der Waals surface area contributed by atoms with Crippen LogP contribution in [0.3, 0.4) is 0 Å². The van der Waals surface area contributed by atoms with Gasteiger partial charge in [-0.25, -0.2) is 13.1 Å². The second kappa shape index (κ2) is 6.66. The molecule has 0 heterocycles. The molecular weight excluding hydrogens is 331 g/mol. The summed E-state index contributed by atoms with van der Waals surface area (Å²) in [5.74, 6) is -0.161. The molecule has 0 bridgehead atoms. The molecule has 0 aliphatic heterocycles. The molecule has 0 saturated carbocycles. The first-order valence-corrected chi connectivity index (χ1v) is 8.52. The van der Waals surface area contributed by atoms with Crippen LogP contribution in [0.25, 0.3) is 0 Å². The van der Waals surface area contributed by atoms with Crippen LogP contribution in [0, 0.1) is 0 Å². The quantitative estimate of drug-likeness (QED) is 0.818. The molecule has 2 aromatic rings. The van der Waals surface area contributed by atoms with Crippen molar-refractivity contribution in [1.29, 1.82) is 0 Å². The normalized spacial score (nSPS) is 11.5. The Labute approximate surface area is 133 Å². The van der Waals surface area contributed by atoms with E-state index in [4.69, 9.17) is 28.9 Å². The van der Waals surface area contributed by atoms with Gasteiger partial charge in [-0.1, -0.05) is 41.4 Å². The van der Waals surface area contributed by atoms with Crippen molar-refractivity contribution in [2.24, 2.45) is 0 Å². The standard InChI is InChI=1S/C14H14Cl2N2O2S/c15-13-5-4-11(7-14(13)16)9-21(19,20)18-8-10-2-1-3-12(17)6-10/h1-7,18H,8-9,17H2. The van der Waals surface area contributed by atoms with Gasteiger partial charge in [-0.15, -0.1) is 0 Å². The van der Waals surface area contributed by atoms with E-state index in [1.54, 1.807) is 42.5 Å². The minimum Gasteiger partial charge on any atom is -0.399 e. The predicted octanol–water partition coefficient (Wildman–Crippen LogP) is 3.20. The Morgan fingerprint density at radius 1 is 1.00 bits per heavy atom. The molecule has 0 aliphatic carbocycles. The number of hydrogen-bond donors (Lipinski definition) is 2. The number of sulfonamides is 1. The molecule has 7 heteroatoms. The van der Waals surface area contributed by atoms with Crippen LogP contribution in [-0.2, 0) is 22.3 Å². The number of anilines is 1. The topological polar surface area (TPSA) is 72.2 Å². The molecule has 0 atom stereocenters. The zero-order valence-corrected chi connectivity index (χ0v) is 13.3. The van der Waals surface area contributed by atoms with Gasteiger partial charge in [0.05, 0.1) is 15.8 Å². The van der Waals surface area contributed by atoms with E-state index in [1.165, 1.54) is 0 Å². The first-order valence-electron chi connectivity index (χ1n) is 6.11. The lowest BCUT2D eigenvalue weighted by atomic mass is 10.2. The fraction of sp³-hybridized carbons (Fsp3) is 0.143. The highest BCUT2D eigenvalue weighted by Crippen LogP contribution is 2.23. The zero-order chi connectivity index (χ0) is 15.5. The second-order valence-electron chi connectivity index (χ2n) is 4.57. The first-order chi connectivity index (χ1) is 9.85. The van der Waals surface area contributed by atoms with Crippen LogP contribution in [0.5, 0.6) is 0 Å². The number of rotatable bonds is 5. The van der Waals surface area contributed by atoms with Crippen LogP contribution >= 0.6 is 23.2 Å². The maximum atomic E-state index is 12.0. The molecule has 3 N–H and O–H groups in total. The fourth-order valence-electron chi connectivity index (χ4n) is 1.80. The van der Waals surface area contributed by atoms with Crippen molar-refractivity contribution in [3.05, 3.63) is 63.6 Å². The molecule has 0 radical (unpaired) electrons. The smallest absolute Gasteiger partial charge is 0.216 e. The molecule has 21 heavy (non-hydrogen) atoms. The van der Waals surface area contributed by atoms with Crippen molar-refractivity contribution in [3.63, 3.8) is 0 Å². The lowest BCUT2D eigenvalue weighted by molar-refractivity contribution is 0.580. The summed E-state index contributed by atoms with van der Waals surface area (Å²) in [6.07, 6.45) is 0. The summed E-state index contributed by atoms with van der Waals surface area (Å²) in [6.45, 7) is 0.189. The minimum atomic E-state index is -3.47. The van der Waals surface area contributed by atoms with Gasteiger partial charge in [-0.3, -0.25) is 0 Å². The number of nitrogens with two attached hydrogens (primary N) is 1. The lowest BCUT2D eigenvalue weighted by Gasteiger charge is -2.08. The van der Waals surface area contributed by atoms with Gasteiger partial charge in [0.2, 0.25) is 10.0 Å². The maximum Gasteiger partial charge on any atom is 0.216 e.